The average molecular weight is 421 g/mol. The highest BCUT2D eigenvalue weighted by Gasteiger charge is 2.32. The summed E-state index contributed by atoms with van der Waals surface area (Å²) in [5.41, 5.74) is 5.10. The lowest BCUT2D eigenvalue weighted by atomic mass is 9.99. The summed E-state index contributed by atoms with van der Waals surface area (Å²) in [7, 11) is 0. The first kappa shape index (κ1) is 20.7. The Morgan fingerprint density at radius 2 is 1.87 bits per heavy atom. The Labute approximate surface area is 180 Å². The van der Waals surface area contributed by atoms with E-state index >= 15 is 0 Å². The summed E-state index contributed by atoms with van der Waals surface area (Å²) in [4.78, 5) is 24.1. The van der Waals surface area contributed by atoms with Crippen LogP contribution in [0.5, 0.6) is 0 Å². The van der Waals surface area contributed by atoms with Crippen molar-refractivity contribution in [3.05, 3.63) is 64.5 Å². The van der Waals surface area contributed by atoms with Gasteiger partial charge in [0.25, 0.3) is 5.91 Å². The number of nitrogens with zero attached hydrogens (tertiary/aromatic N) is 3. The first-order valence-corrected chi connectivity index (χ1v) is 10.1. The standard InChI is InChI=1S/C23H24FN5O2/c1-13-5-4-6-14(2)20(13)29-12-26-22(31)18-19(17-8-7-16(24)11-15(17)3)27-23(25-9-10-30)28-21(18)29/h4-8,11,30H,9-10,12H2,1-3H3,(H,26,31)(H,25,27,28). The summed E-state index contributed by atoms with van der Waals surface area (Å²) >= 11 is 0. The Kier molecular flexibility index (Phi) is 5.56. The number of aromatic nitrogens is 2. The van der Waals surface area contributed by atoms with Crippen molar-refractivity contribution >= 4 is 23.4 Å². The van der Waals surface area contributed by atoms with Crippen molar-refractivity contribution in [1.82, 2.24) is 15.3 Å². The van der Waals surface area contributed by atoms with E-state index < -0.39 is 0 Å². The second-order valence-corrected chi connectivity index (χ2v) is 7.54. The van der Waals surface area contributed by atoms with Crippen LogP contribution in [0, 0.1) is 26.6 Å². The van der Waals surface area contributed by atoms with E-state index in [0.717, 1.165) is 16.8 Å². The minimum absolute atomic E-state index is 0.0908. The average Bonchev–Trinajstić information content (AvgIpc) is 2.73. The number of hydrogen-bond donors (Lipinski definition) is 3. The van der Waals surface area contributed by atoms with Gasteiger partial charge in [-0.15, -0.1) is 0 Å². The number of aliphatic hydroxyl groups excluding tert-OH is 1. The monoisotopic (exact) mass is 421 g/mol. The van der Waals surface area contributed by atoms with Gasteiger partial charge in [0.15, 0.2) is 5.82 Å². The molecule has 3 N–H and O–H groups in total. The van der Waals surface area contributed by atoms with Gasteiger partial charge in [-0.2, -0.15) is 4.98 Å². The van der Waals surface area contributed by atoms with Crippen LogP contribution in [0.2, 0.25) is 0 Å². The minimum Gasteiger partial charge on any atom is -0.395 e. The molecule has 0 bridgehead atoms. The van der Waals surface area contributed by atoms with Gasteiger partial charge in [-0.1, -0.05) is 18.2 Å². The first-order valence-electron chi connectivity index (χ1n) is 10.1. The molecule has 0 saturated heterocycles. The van der Waals surface area contributed by atoms with Crippen LogP contribution in [0.25, 0.3) is 11.3 Å². The molecule has 1 amide bonds. The number of hydrogen-bond acceptors (Lipinski definition) is 6. The fourth-order valence-corrected chi connectivity index (χ4v) is 3.92. The largest absolute Gasteiger partial charge is 0.395 e. The summed E-state index contributed by atoms with van der Waals surface area (Å²) in [6, 6.07) is 10.4. The van der Waals surface area contributed by atoms with Crippen LogP contribution in [-0.2, 0) is 0 Å². The number of rotatable bonds is 5. The molecule has 1 aromatic heterocycles. The Balaban J connectivity index is 1.98. The van der Waals surface area contributed by atoms with E-state index in [1.165, 1.54) is 12.1 Å². The molecule has 0 spiro atoms. The topological polar surface area (TPSA) is 90.4 Å². The zero-order chi connectivity index (χ0) is 22.1. The molecule has 2 heterocycles. The molecule has 0 aliphatic carbocycles. The maximum absolute atomic E-state index is 13.7. The SMILES string of the molecule is Cc1cc(F)ccc1-c1nc(NCCO)nc2c1C(=O)NCN2c1c(C)cccc1C. The Hall–Kier alpha value is -3.52. The van der Waals surface area contributed by atoms with Crippen molar-refractivity contribution in [2.45, 2.75) is 20.8 Å². The number of halogens is 1. The molecule has 0 atom stereocenters. The number of anilines is 3. The molecule has 0 radical (unpaired) electrons. The number of carbonyl (C=O) groups excluding carboxylic acids is 1. The minimum atomic E-state index is -0.357. The van der Waals surface area contributed by atoms with Crippen molar-refractivity contribution in [3.63, 3.8) is 0 Å². The van der Waals surface area contributed by atoms with Crippen LogP contribution in [0.1, 0.15) is 27.0 Å². The van der Waals surface area contributed by atoms with Gasteiger partial charge in [-0.3, -0.25) is 4.79 Å². The number of amides is 1. The zero-order valence-electron chi connectivity index (χ0n) is 17.7. The second kappa shape index (κ2) is 8.31. The van der Waals surface area contributed by atoms with Gasteiger partial charge in [-0.25, -0.2) is 9.37 Å². The fourth-order valence-electron chi connectivity index (χ4n) is 3.92. The molecule has 1 aliphatic heterocycles. The van der Waals surface area contributed by atoms with Crippen molar-refractivity contribution in [3.8, 4) is 11.3 Å². The van der Waals surface area contributed by atoms with Crippen LogP contribution in [0.4, 0.5) is 21.8 Å². The smallest absolute Gasteiger partial charge is 0.258 e. The van der Waals surface area contributed by atoms with Gasteiger partial charge in [0, 0.05) is 12.1 Å². The third-order valence-electron chi connectivity index (χ3n) is 5.32. The van der Waals surface area contributed by atoms with Crippen LogP contribution in [0.3, 0.4) is 0 Å². The van der Waals surface area contributed by atoms with E-state index in [-0.39, 0.29) is 37.5 Å². The number of nitrogens with one attached hydrogen (secondary N) is 2. The zero-order valence-corrected chi connectivity index (χ0v) is 17.7. The van der Waals surface area contributed by atoms with E-state index in [9.17, 15) is 14.3 Å². The van der Waals surface area contributed by atoms with E-state index in [1.807, 2.05) is 36.9 Å². The Morgan fingerprint density at radius 1 is 1.13 bits per heavy atom. The summed E-state index contributed by atoms with van der Waals surface area (Å²) in [5, 5.41) is 15.2. The predicted octanol–water partition coefficient (Wildman–Crippen LogP) is 3.45. The van der Waals surface area contributed by atoms with Gasteiger partial charge in [0.1, 0.15) is 11.4 Å². The highest BCUT2D eigenvalue weighted by atomic mass is 19.1. The number of aliphatic hydroxyl groups is 1. The molecule has 8 heteroatoms. The van der Waals surface area contributed by atoms with Crippen LogP contribution in [0.15, 0.2) is 36.4 Å². The Morgan fingerprint density at radius 3 is 2.55 bits per heavy atom. The van der Waals surface area contributed by atoms with Crippen molar-refractivity contribution in [1.29, 1.82) is 0 Å². The van der Waals surface area contributed by atoms with Gasteiger partial charge in [-0.05, 0) is 55.7 Å². The fraction of sp³-hybridized carbons (Fsp3) is 0.261. The molecule has 3 aromatic rings. The van der Waals surface area contributed by atoms with E-state index in [2.05, 4.69) is 20.6 Å². The van der Waals surface area contributed by atoms with E-state index in [1.54, 1.807) is 13.0 Å². The maximum Gasteiger partial charge on any atom is 0.258 e. The highest BCUT2D eigenvalue weighted by molar-refractivity contribution is 6.07. The number of fused-ring (bicyclic) bond motifs is 1. The van der Waals surface area contributed by atoms with Crippen LogP contribution < -0.4 is 15.5 Å². The predicted molar refractivity (Wildman–Crippen MR) is 118 cm³/mol. The number of carbonyl (C=O) groups is 1. The first-order chi connectivity index (χ1) is 14.9. The van der Waals surface area contributed by atoms with Gasteiger partial charge < -0.3 is 20.6 Å². The summed E-state index contributed by atoms with van der Waals surface area (Å²) < 4.78 is 13.7. The normalized spacial score (nSPS) is 13.1. The molecule has 2 aromatic carbocycles. The number of para-hydroxylation sites is 1. The molecule has 160 valence electrons. The molecule has 31 heavy (non-hydrogen) atoms. The van der Waals surface area contributed by atoms with Crippen LogP contribution in [-0.4, -0.2) is 40.8 Å². The lowest BCUT2D eigenvalue weighted by Crippen LogP contribution is -2.42. The molecular formula is C23H24FN5O2. The van der Waals surface area contributed by atoms with Gasteiger partial charge in [0.2, 0.25) is 5.95 Å². The quantitative estimate of drug-likeness (QED) is 0.585. The van der Waals surface area contributed by atoms with Crippen molar-refractivity contribution in [2.24, 2.45) is 0 Å². The van der Waals surface area contributed by atoms with Crippen LogP contribution >= 0.6 is 0 Å². The van der Waals surface area contributed by atoms with Gasteiger partial charge in [0.05, 0.1) is 24.7 Å². The van der Waals surface area contributed by atoms with Crippen molar-refractivity contribution < 1.29 is 14.3 Å². The highest BCUT2D eigenvalue weighted by Crippen LogP contribution is 2.38. The molecular weight excluding hydrogens is 397 g/mol. The summed E-state index contributed by atoms with van der Waals surface area (Å²) in [5.74, 6) is 0.113. The maximum atomic E-state index is 13.7. The summed E-state index contributed by atoms with van der Waals surface area (Å²) in [6.07, 6.45) is 0. The molecule has 0 fully saturated rings. The summed E-state index contributed by atoms with van der Waals surface area (Å²) in [6.45, 7) is 6.22. The van der Waals surface area contributed by atoms with E-state index in [0.29, 0.717) is 28.2 Å². The third kappa shape index (κ3) is 3.82. The molecule has 7 nitrogen and oxygen atoms in total. The number of aryl methyl sites for hydroxylation is 3. The number of benzene rings is 2. The third-order valence-corrected chi connectivity index (χ3v) is 5.32. The Bertz CT molecular complexity index is 1140. The second-order valence-electron chi connectivity index (χ2n) is 7.54. The molecule has 0 unspecified atom stereocenters. The lowest BCUT2D eigenvalue weighted by molar-refractivity contribution is 0.0949. The van der Waals surface area contributed by atoms with Gasteiger partial charge >= 0.3 is 0 Å². The van der Waals surface area contributed by atoms with Crippen molar-refractivity contribution in [2.75, 3.05) is 30.0 Å². The molecule has 0 saturated carbocycles. The molecule has 1 aliphatic rings. The lowest BCUT2D eigenvalue weighted by Gasteiger charge is -2.33. The molecule has 4 rings (SSSR count). The van der Waals surface area contributed by atoms with E-state index in [4.69, 9.17) is 0 Å².